The summed E-state index contributed by atoms with van der Waals surface area (Å²) in [6, 6.07) is 0. The van der Waals surface area contributed by atoms with Crippen molar-refractivity contribution in [3.8, 4) is 0 Å². The highest BCUT2D eigenvalue weighted by Gasteiger charge is 2.31. The van der Waals surface area contributed by atoms with Gasteiger partial charge >= 0.3 is 0 Å². The lowest BCUT2D eigenvalue weighted by molar-refractivity contribution is 0.0861. The highest BCUT2D eigenvalue weighted by molar-refractivity contribution is 4.92. The first-order valence-corrected chi connectivity index (χ1v) is 5.76. The molecule has 1 unspecified atom stereocenters. The number of unbranched alkanes of at least 4 members (excludes halogenated alkanes) is 1. The highest BCUT2D eigenvalue weighted by Crippen LogP contribution is 2.22. The van der Waals surface area contributed by atoms with Crippen LogP contribution in [-0.2, 0) is 4.74 Å². The average molecular weight is 201 g/mol. The molecule has 1 fully saturated rings. The van der Waals surface area contributed by atoms with E-state index in [-0.39, 0.29) is 12.1 Å². The van der Waals surface area contributed by atoms with Gasteiger partial charge in [0.05, 0.1) is 6.61 Å². The Balaban J connectivity index is 2.08. The van der Waals surface area contributed by atoms with E-state index in [1.54, 1.807) is 0 Å². The minimum absolute atomic E-state index is 0.0355. The van der Waals surface area contributed by atoms with Crippen molar-refractivity contribution in [3.05, 3.63) is 0 Å². The molecule has 2 N–H and O–H groups in total. The van der Waals surface area contributed by atoms with E-state index in [1.807, 2.05) is 0 Å². The Kier molecular flexibility index (Phi) is 5.45. The van der Waals surface area contributed by atoms with Gasteiger partial charge in [-0.2, -0.15) is 0 Å². The summed E-state index contributed by atoms with van der Waals surface area (Å²) in [6.07, 6.45) is 5.52. The molecule has 1 rings (SSSR count). The molecular weight excluding hydrogens is 178 g/mol. The van der Waals surface area contributed by atoms with E-state index < -0.39 is 0 Å². The van der Waals surface area contributed by atoms with E-state index in [9.17, 15) is 5.11 Å². The second kappa shape index (κ2) is 6.38. The molecule has 3 nitrogen and oxygen atoms in total. The molecule has 0 aromatic rings. The van der Waals surface area contributed by atoms with Crippen LogP contribution in [-0.4, -0.2) is 37.0 Å². The van der Waals surface area contributed by atoms with Crippen molar-refractivity contribution < 1.29 is 9.84 Å². The molecule has 1 atom stereocenters. The van der Waals surface area contributed by atoms with Crippen LogP contribution in [0.1, 0.15) is 39.0 Å². The van der Waals surface area contributed by atoms with Gasteiger partial charge in [0.2, 0.25) is 0 Å². The molecule has 1 aliphatic rings. The highest BCUT2D eigenvalue weighted by atomic mass is 16.5. The fourth-order valence-electron chi connectivity index (χ4n) is 1.91. The van der Waals surface area contributed by atoms with Crippen LogP contribution in [0.2, 0.25) is 0 Å². The molecule has 0 aromatic heterocycles. The van der Waals surface area contributed by atoms with E-state index >= 15 is 0 Å². The predicted octanol–water partition coefficient (Wildman–Crippen LogP) is 1.31. The number of ether oxygens (including phenoxy) is 1. The Morgan fingerprint density at radius 1 is 1.43 bits per heavy atom. The van der Waals surface area contributed by atoms with Gasteiger partial charge in [-0.15, -0.1) is 0 Å². The Labute approximate surface area is 86.8 Å². The maximum absolute atomic E-state index is 9.30. The fraction of sp³-hybridized carbons (Fsp3) is 1.00. The summed E-state index contributed by atoms with van der Waals surface area (Å²) in [5, 5.41) is 12.7. The maximum atomic E-state index is 9.30. The minimum atomic E-state index is -0.0355. The Bertz CT molecular complexity index is 144. The van der Waals surface area contributed by atoms with Gasteiger partial charge in [0, 0.05) is 18.8 Å². The fourth-order valence-corrected chi connectivity index (χ4v) is 1.91. The molecule has 14 heavy (non-hydrogen) atoms. The van der Waals surface area contributed by atoms with E-state index in [4.69, 9.17) is 4.74 Å². The molecule has 0 aliphatic carbocycles. The summed E-state index contributed by atoms with van der Waals surface area (Å²) in [4.78, 5) is 0. The van der Waals surface area contributed by atoms with Gasteiger partial charge in [-0.3, -0.25) is 0 Å². The van der Waals surface area contributed by atoms with Crippen molar-refractivity contribution in [2.75, 3.05) is 26.4 Å². The standard InChI is InChI=1S/C11H23NO2/c1-2-3-8-14-9-6-11(10-13)5-4-7-12-11/h12-13H,2-10H2,1H3. The summed E-state index contributed by atoms with van der Waals surface area (Å²) in [5.74, 6) is 0. The topological polar surface area (TPSA) is 41.5 Å². The molecule has 0 radical (unpaired) electrons. The summed E-state index contributed by atoms with van der Waals surface area (Å²) in [7, 11) is 0. The molecule has 0 aromatic carbocycles. The lowest BCUT2D eigenvalue weighted by atomic mass is 9.95. The van der Waals surface area contributed by atoms with E-state index in [1.165, 1.54) is 12.8 Å². The largest absolute Gasteiger partial charge is 0.394 e. The van der Waals surface area contributed by atoms with Crippen molar-refractivity contribution >= 4 is 0 Å². The SMILES string of the molecule is CCCCOCCC1(CO)CCCN1. The third-order valence-electron chi connectivity index (χ3n) is 3.00. The van der Waals surface area contributed by atoms with Crippen molar-refractivity contribution in [3.63, 3.8) is 0 Å². The number of hydrogen-bond acceptors (Lipinski definition) is 3. The van der Waals surface area contributed by atoms with Gasteiger partial charge in [-0.1, -0.05) is 13.3 Å². The van der Waals surface area contributed by atoms with Crippen LogP contribution in [0.4, 0.5) is 0 Å². The average Bonchev–Trinajstić information content (AvgIpc) is 2.67. The molecule has 1 aliphatic heterocycles. The van der Waals surface area contributed by atoms with Crippen molar-refractivity contribution in [2.24, 2.45) is 0 Å². The van der Waals surface area contributed by atoms with Gasteiger partial charge in [-0.25, -0.2) is 0 Å². The second-order valence-electron chi connectivity index (χ2n) is 4.18. The van der Waals surface area contributed by atoms with Crippen LogP contribution >= 0.6 is 0 Å². The molecular formula is C11H23NO2. The smallest absolute Gasteiger partial charge is 0.0614 e. The van der Waals surface area contributed by atoms with Crippen LogP contribution in [0, 0.1) is 0 Å². The lowest BCUT2D eigenvalue weighted by Gasteiger charge is -2.26. The third-order valence-corrected chi connectivity index (χ3v) is 3.00. The monoisotopic (exact) mass is 201 g/mol. The first-order valence-electron chi connectivity index (χ1n) is 5.76. The lowest BCUT2D eigenvalue weighted by Crippen LogP contribution is -2.44. The molecule has 3 heteroatoms. The van der Waals surface area contributed by atoms with Gasteiger partial charge in [-0.05, 0) is 32.2 Å². The van der Waals surface area contributed by atoms with Crippen LogP contribution in [0.3, 0.4) is 0 Å². The quantitative estimate of drug-likeness (QED) is 0.610. The number of rotatable bonds is 7. The van der Waals surface area contributed by atoms with Crippen molar-refractivity contribution in [1.29, 1.82) is 0 Å². The van der Waals surface area contributed by atoms with Crippen molar-refractivity contribution in [1.82, 2.24) is 5.32 Å². The number of nitrogens with one attached hydrogen (secondary N) is 1. The van der Waals surface area contributed by atoms with Gasteiger partial charge in [0.25, 0.3) is 0 Å². The van der Waals surface area contributed by atoms with Gasteiger partial charge in [0.1, 0.15) is 0 Å². The van der Waals surface area contributed by atoms with Crippen LogP contribution in [0.5, 0.6) is 0 Å². The minimum Gasteiger partial charge on any atom is -0.394 e. The van der Waals surface area contributed by atoms with E-state index in [0.29, 0.717) is 0 Å². The Morgan fingerprint density at radius 3 is 2.86 bits per heavy atom. The molecule has 0 bridgehead atoms. The predicted molar refractivity (Wildman–Crippen MR) is 57.4 cm³/mol. The summed E-state index contributed by atoms with van der Waals surface area (Å²) < 4.78 is 5.51. The molecule has 0 saturated carbocycles. The zero-order valence-corrected chi connectivity index (χ0v) is 9.22. The van der Waals surface area contributed by atoms with E-state index in [2.05, 4.69) is 12.2 Å². The van der Waals surface area contributed by atoms with Crippen LogP contribution < -0.4 is 5.32 Å². The van der Waals surface area contributed by atoms with Crippen LogP contribution in [0.15, 0.2) is 0 Å². The molecule has 1 saturated heterocycles. The zero-order chi connectivity index (χ0) is 10.3. The van der Waals surface area contributed by atoms with Gasteiger partial charge < -0.3 is 15.2 Å². The van der Waals surface area contributed by atoms with E-state index in [0.717, 1.165) is 39.0 Å². The number of aliphatic hydroxyl groups excluding tert-OH is 1. The summed E-state index contributed by atoms with van der Waals surface area (Å²) >= 11 is 0. The first kappa shape index (κ1) is 12.0. The molecule has 1 heterocycles. The Morgan fingerprint density at radius 2 is 2.29 bits per heavy atom. The maximum Gasteiger partial charge on any atom is 0.0614 e. The molecule has 0 amide bonds. The third kappa shape index (κ3) is 3.56. The molecule has 84 valence electrons. The van der Waals surface area contributed by atoms with Gasteiger partial charge in [0.15, 0.2) is 0 Å². The summed E-state index contributed by atoms with van der Waals surface area (Å²) in [5.41, 5.74) is -0.0355. The first-order chi connectivity index (χ1) is 6.83. The normalized spacial score (nSPS) is 27.0. The van der Waals surface area contributed by atoms with Crippen molar-refractivity contribution in [2.45, 2.75) is 44.6 Å². The summed E-state index contributed by atoms with van der Waals surface area (Å²) in [6.45, 7) is 5.07. The number of hydrogen-bond donors (Lipinski definition) is 2. The van der Waals surface area contributed by atoms with Crippen LogP contribution in [0.25, 0.3) is 0 Å². The zero-order valence-electron chi connectivity index (χ0n) is 9.22. The molecule has 0 spiro atoms. The second-order valence-corrected chi connectivity index (χ2v) is 4.18. The number of aliphatic hydroxyl groups is 1. The Hall–Kier alpha value is -0.120.